The second-order valence-electron chi connectivity index (χ2n) is 4.67. The molecule has 1 aromatic carbocycles. The summed E-state index contributed by atoms with van der Waals surface area (Å²) in [5.74, 6) is -1.93. The lowest BCUT2D eigenvalue weighted by Crippen LogP contribution is -2.33. The van der Waals surface area contributed by atoms with Crippen LogP contribution in [0.1, 0.15) is 25.5 Å². The highest BCUT2D eigenvalue weighted by Crippen LogP contribution is 2.21. The Kier molecular flexibility index (Phi) is 6.68. The molecule has 3 nitrogen and oxygen atoms in total. The summed E-state index contributed by atoms with van der Waals surface area (Å²) in [7, 11) is 0.293. The molecule has 0 aromatic heterocycles. The maximum atomic E-state index is 13.2. The first-order valence-electron chi connectivity index (χ1n) is 6.53. The Morgan fingerprint density at radius 2 is 2.05 bits per heavy atom. The van der Waals surface area contributed by atoms with Gasteiger partial charge in [-0.05, 0) is 31.5 Å². The molecule has 0 aliphatic carbocycles. The number of carbonyl (C=O) groups excluding carboxylic acids is 1. The molecule has 0 saturated heterocycles. The van der Waals surface area contributed by atoms with Gasteiger partial charge in [0.2, 0.25) is 5.91 Å². The zero-order chi connectivity index (χ0) is 16.0. The van der Waals surface area contributed by atoms with Crippen LogP contribution >= 0.6 is 0 Å². The summed E-state index contributed by atoms with van der Waals surface area (Å²) in [5.41, 5.74) is 0.490. The van der Waals surface area contributed by atoms with Gasteiger partial charge in [-0.3, -0.25) is 9.00 Å². The zero-order valence-electron chi connectivity index (χ0n) is 12.3. The molecule has 1 rings (SSSR count). The first-order chi connectivity index (χ1) is 9.86. The number of nitrogens with zero attached hydrogens (tertiary/aromatic N) is 1. The minimum absolute atomic E-state index is 0.0884. The SMILES string of the molecule is C/C=C/CS(=O)CC(=O)N(C)C(C)c1ccc(F)c(F)c1. The summed E-state index contributed by atoms with van der Waals surface area (Å²) in [6.07, 6.45) is 3.51. The van der Waals surface area contributed by atoms with Crippen molar-refractivity contribution in [1.29, 1.82) is 0 Å². The van der Waals surface area contributed by atoms with E-state index in [2.05, 4.69) is 0 Å². The Morgan fingerprint density at radius 3 is 2.62 bits per heavy atom. The summed E-state index contributed by atoms with van der Waals surface area (Å²) in [6.45, 7) is 3.52. The number of amides is 1. The fraction of sp³-hybridized carbons (Fsp3) is 0.400. The average Bonchev–Trinajstić information content (AvgIpc) is 2.46. The summed E-state index contributed by atoms with van der Waals surface area (Å²) >= 11 is 0. The Balaban J connectivity index is 2.72. The van der Waals surface area contributed by atoms with Crippen LogP contribution in [0.5, 0.6) is 0 Å². The van der Waals surface area contributed by atoms with Crippen molar-refractivity contribution in [3.8, 4) is 0 Å². The topological polar surface area (TPSA) is 37.4 Å². The van der Waals surface area contributed by atoms with Crippen LogP contribution in [-0.4, -0.2) is 33.6 Å². The molecule has 0 bridgehead atoms. The van der Waals surface area contributed by atoms with Crippen LogP contribution in [-0.2, 0) is 15.6 Å². The quantitative estimate of drug-likeness (QED) is 0.757. The van der Waals surface area contributed by atoms with Crippen molar-refractivity contribution < 1.29 is 17.8 Å². The Bertz CT molecular complexity index is 561. The third kappa shape index (κ3) is 5.04. The molecular weight excluding hydrogens is 296 g/mol. The molecule has 0 aliphatic heterocycles. The second kappa shape index (κ2) is 8.02. The van der Waals surface area contributed by atoms with Crippen molar-refractivity contribution >= 4 is 16.7 Å². The monoisotopic (exact) mass is 315 g/mol. The normalized spacial score (nSPS) is 14.1. The van der Waals surface area contributed by atoms with E-state index in [0.29, 0.717) is 11.3 Å². The van der Waals surface area contributed by atoms with Gasteiger partial charge in [-0.1, -0.05) is 18.2 Å². The smallest absolute Gasteiger partial charge is 0.235 e. The molecule has 1 aromatic rings. The van der Waals surface area contributed by atoms with E-state index >= 15 is 0 Å². The number of hydrogen-bond donors (Lipinski definition) is 0. The van der Waals surface area contributed by atoms with E-state index in [1.807, 2.05) is 6.92 Å². The highest BCUT2D eigenvalue weighted by molar-refractivity contribution is 7.85. The number of rotatable bonds is 6. The van der Waals surface area contributed by atoms with E-state index in [0.717, 1.165) is 12.1 Å². The van der Waals surface area contributed by atoms with Crippen molar-refractivity contribution in [2.45, 2.75) is 19.9 Å². The fourth-order valence-corrected chi connectivity index (χ4v) is 2.72. The van der Waals surface area contributed by atoms with Crippen molar-refractivity contribution in [2.75, 3.05) is 18.6 Å². The van der Waals surface area contributed by atoms with Crippen LogP contribution < -0.4 is 0 Å². The molecule has 0 spiro atoms. The van der Waals surface area contributed by atoms with Gasteiger partial charge in [0.25, 0.3) is 0 Å². The van der Waals surface area contributed by atoms with Crippen LogP contribution in [0.2, 0.25) is 0 Å². The van der Waals surface area contributed by atoms with Crippen molar-refractivity contribution in [3.63, 3.8) is 0 Å². The highest BCUT2D eigenvalue weighted by Gasteiger charge is 2.20. The second-order valence-corrected chi connectivity index (χ2v) is 6.18. The van der Waals surface area contributed by atoms with E-state index in [1.165, 1.54) is 11.0 Å². The van der Waals surface area contributed by atoms with E-state index in [4.69, 9.17) is 0 Å². The van der Waals surface area contributed by atoms with E-state index in [1.54, 1.807) is 26.1 Å². The molecule has 0 fully saturated rings. The lowest BCUT2D eigenvalue weighted by atomic mass is 10.1. The molecule has 116 valence electrons. The molecule has 2 unspecified atom stereocenters. The Labute approximate surface area is 126 Å². The van der Waals surface area contributed by atoms with Gasteiger partial charge in [-0.2, -0.15) is 0 Å². The lowest BCUT2D eigenvalue weighted by molar-refractivity contribution is -0.129. The van der Waals surface area contributed by atoms with Gasteiger partial charge in [0, 0.05) is 23.6 Å². The van der Waals surface area contributed by atoms with Crippen LogP contribution in [0.15, 0.2) is 30.4 Å². The van der Waals surface area contributed by atoms with Crippen molar-refractivity contribution in [2.24, 2.45) is 0 Å². The molecule has 0 N–H and O–H groups in total. The van der Waals surface area contributed by atoms with Gasteiger partial charge in [0.1, 0.15) is 5.75 Å². The molecule has 21 heavy (non-hydrogen) atoms. The minimum atomic E-state index is -1.26. The Morgan fingerprint density at radius 1 is 1.38 bits per heavy atom. The van der Waals surface area contributed by atoms with E-state index in [-0.39, 0.29) is 11.7 Å². The van der Waals surface area contributed by atoms with Crippen LogP contribution in [0.3, 0.4) is 0 Å². The maximum absolute atomic E-state index is 13.2. The summed E-state index contributed by atoms with van der Waals surface area (Å²) in [5, 5.41) is 0. The van der Waals surface area contributed by atoms with Crippen LogP contribution in [0, 0.1) is 11.6 Å². The van der Waals surface area contributed by atoms with Crippen molar-refractivity contribution in [3.05, 3.63) is 47.5 Å². The van der Waals surface area contributed by atoms with Crippen LogP contribution in [0.4, 0.5) is 8.78 Å². The molecule has 0 heterocycles. The third-order valence-corrected chi connectivity index (χ3v) is 4.34. The molecule has 0 saturated carbocycles. The molecule has 2 atom stereocenters. The molecule has 1 amide bonds. The van der Waals surface area contributed by atoms with Gasteiger partial charge in [-0.25, -0.2) is 8.78 Å². The third-order valence-electron chi connectivity index (χ3n) is 3.20. The molecular formula is C15H19F2NO2S. The highest BCUT2D eigenvalue weighted by atomic mass is 32.2. The van der Waals surface area contributed by atoms with E-state index in [9.17, 15) is 17.8 Å². The molecule has 6 heteroatoms. The van der Waals surface area contributed by atoms with Gasteiger partial charge in [0.05, 0.1) is 6.04 Å². The fourth-order valence-electron chi connectivity index (χ4n) is 1.71. The Hall–Kier alpha value is -1.56. The first-order valence-corrected chi connectivity index (χ1v) is 8.02. The van der Waals surface area contributed by atoms with Crippen LogP contribution in [0.25, 0.3) is 0 Å². The largest absolute Gasteiger partial charge is 0.338 e. The van der Waals surface area contributed by atoms with Gasteiger partial charge < -0.3 is 4.90 Å². The molecule has 0 radical (unpaired) electrons. The number of carbonyl (C=O) groups is 1. The number of halogens is 2. The number of benzene rings is 1. The summed E-state index contributed by atoms with van der Waals surface area (Å²) < 4.78 is 37.8. The average molecular weight is 315 g/mol. The zero-order valence-corrected chi connectivity index (χ0v) is 13.1. The van der Waals surface area contributed by atoms with Crippen molar-refractivity contribution in [1.82, 2.24) is 4.90 Å². The predicted octanol–water partition coefficient (Wildman–Crippen LogP) is 2.81. The summed E-state index contributed by atoms with van der Waals surface area (Å²) in [6, 6.07) is 3.11. The van der Waals surface area contributed by atoms with Gasteiger partial charge in [0.15, 0.2) is 11.6 Å². The maximum Gasteiger partial charge on any atom is 0.235 e. The summed E-state index contributed by atoms with van der Waals surface area (Å²) in [4.78, 5) is 13.4. The predicted molar refractivity (Wildman–Crippen MR) is 80.2 cm³/mol. The van der Waals surface area contributed by atoms with E-state index < -0.39 is 28.5 Å². The number of hydrogen-bond acceptors (Lipinski definition) is 2. The standard InChI is InChI=1S/C15H19F2NO2S/c1-4-5-8-21(20)10-15(19)18(3)11(2)12-6-7-13(16)14(17)9-12/h4-7,9,11H,8,10H2,1-3H3/b5-4+. The lowest BCUT2D eigenvalue weighted by Gasteiger charge is -2.25. The number of allylic oxidation sites excluding steroid dienone is 1. The van der Waals surface area contributed by atoms with Gasteiger partial charge in [-0.15, -0.1) is 0 Å². The minimum Gasteiger partial charge on any atom is -0.338 e. The van der Waals surface area contributed by atoms with Gasteiger partial charge >= 0.3 is 0 Å². The first kappa shape index (κ1) is 17.5. The molecule has 0 aliphatic rings.